The molecule has 0 spiro atoms. The molecule has 3 nitrogen and oxygen atoms in total. The molecule has 34 heavy (non-hydrogen) atoms. The van der Waals surface area contributed by atoms with Gasteiger partial charge in [-0.1, -0.05) is 80.6 Å². The molecule has 1 saturated heterocycles. The number of rotatable bonds is 9. The molecule has 0 aromatic heterocycles. The first-order chi connectivity index (χ1) is 16.5. The fraction of sp³-hybridized carbons (Fsp3) is 0.419. The maximum atomic E-state index is 12.4. The zero-order chi connectivity index (χ0) is 24.0. The summed E-state index contributed by atoms with van der Waals surface area (Å²) < 4.78 is 5.27. The van der Waals surface area contributed by atoms with E-state index >= 15 is 0 Å². The first-order valence-corrected chi connectivity index (χ1v) is 12.7. The van der Waals surface area contributed by atoms with Gasteiger partial charge in [-0.2, -0.15) is 0 Å². The predicted molar refractivity (Wildman–Crippen MR) is 140 cm³/mol. The summed E-state index contributed by atoms with van der Waals surface area (Å²) in [5, 5.41) is 12.4. The highest BCUT2D eigenvalue weighted by Crippen LogP contribution is 2.42. The number of hydrogen-bond donors (Lipinski definition) is 1. The lowest BCUT2D eigenvalue weighted by Gasteiger charge is -2.42. The van der Waals surface area contributed by atoms with E-state index < -0.39 is 5.60 Å². The first-order valence-electron chi connectivity index (χ1n) is 12.7. The molecule has 1 aliphatic heterocycles. The Bertz CT molecular complexity index is 1020. The van der Waals surface area contributed by atoms with Gasteiger partial charge >= 0.3 is 0 Å². The fourth-order valence-electron chi connectivity index (χ4n) is 5.39. The van der Waals surface area contributed by atoms with Crippen molar-refractivity contribution in [1.82, 2.24) is 4.90 Å². The van der Waals surface area contributed by atoms with Crippen molar-refractivity contribution in [1.29, 1.82) is 0 Å². The molecular formula is C31H39NO2. The molecule has 180 valence electrons. The summed E-state index contributed by atoms with van der Waals surface area (Å²) in [6.07, 6.45) is 4.04. The molecular weight excluding hydrogens is 418 g/mol. The Morgan fingerprint density at radius 3 is 2.21 bits per heavy atom. The van der Waals surface area contributed by atoms with E-state index in [-0.39, 0.29) is 5.92 Å². The van der Waals surface area contributed by atoms with Crippen LogP contribution in [0.4, 0.5) is 0 Å². The summed E-state index contributed by atoms with van der Waals surface area (Å²) in [4.78, 5) is 2.54. The highest BCUT2D eigenvalue weighted by molar-refractivity contribution is 5.39. The molecule has 3 aromatic carbocycles. The second kappa shape index (κ2) is 11.2. The fourth-order valence-corrected chi connectivity index (χ4v) is 5.39. The van der Waals surface area contributed by atoms with E-state index in [0.29, 0.717) is 5.92 Å². The number of piperidine rings is 1. The lowest BCUT2D eigenvalue weighted by Crippen LogP contribution is -2.44. The van der Waals surface area contributed by atoms with Crippen molar-refractivity contribution in [3.05, 3.63) is 101 Å². The third-order valence-corrected chi connectivity index (χ3v) is 7.28. The van der Waals surface area contributed by atoms with Gasteiger partial charge in [0.25, 0.3) is 0 Å². The Morgan fingerprint density at radius 2 is 1.56 bits per heavy atom. The summed E-state index contributed by atoms with van der Waals surface area (Å²) in [6, 6.07) is 27.3. The van der Waals surface area contributed by atoms with Crippen LogP contribution in [0, 0.1) is 11.8 Å². The minimum Gasteiger partial charge on any atom is -0.497 e. The number of likely N-dealkylation sites (tertiary alicyclic amines) is 1. The minimum atomic E-state index is -0.962. The average molecular weight is 458 g/mol. The second-order valence-electron chi connectivity index (χ2n) is 10.1. The van der Waals surface area contributed by atoms with E-state index in [1.54, 1.807) is 7.11 Å². The molecule has 4 rings (SSSR count). The van der Waals surface area contributed by atoms with Gasteiger partial charge < -0.3 is 14.7 Å². The van der Waals surface area contributed by atoms with Crippen molar-refractivity contribution in [2.75, 3.05) is 26.7 Å². The van der Waals surface area contributed by atoms with Gasteiger partial charge in [-0.05, 0) is 85.0 Å². The van der Waals surface area contributed by atoms with Gasteiger partial charge in [0.1, 0.15) is 11.4 Å². The summed E-state index contributed by atoms with van der Waals surface area (Å²) in [5.74, 6) is 1.69. The molecule has 0 radical (unpaired) electrons. The summed E-state index contributed by atoms with van der Waals surface area (Å²) in [6.45, 7) is 7.57. The molecule has 1 atom stereocenters. The molecule has 0 amide bonds. The Labute approximate surface area is 205 Å². The topological polar surface area (TPSA) is 32.7 Å². The second-order valence-corrected chi connectivity index (χ2v) is 10.1. The largest absolute Gasteiger partial charge is 0.497 e. The Morgan fingerprint density at radius 1 is 0.882 bits per heavy atom. The lowest BCUT2D eigenvalue weighted by molar-refractivity contribution is -0.0140. The van der Waals surface area contributed by atoms with Gasteiger partial charge in [0, 0.05) is 6.54 Å². The average Bonchev–Trinajstić information content (AvgIpc) is 2.88. The number of hydrogen-bond acceptors (Lipinski definition) is 3. The standard InChI is InChI=1S/C31H39NO2/c1-24(2)22-26-8-7-11-29(23-26)31(33,27-9-5-4-6-10-27)28-17-20-32(21-18-28)19-16-25-12-14-30(34-3)15-13-25/h4-15,23-24,28,33H,16-22H2,1-3H3. The van der Waals surface area contributed by atoms with Crippen LogP contribution in [0.25, 0.3) is 0 Å². The van der Waals surface area contributed by atoms with E-state index in [2.05, 4.69) is 67.3 Å². The molecule has 1 N–H and O–H groups in total. The quantitative estimate of drug-likeness (QED) is 0.422. The maximum Gasteiger partial charge on any atom is 0.118 e. The van der Waals surface area contributed by atoms with E-state index in [1.165, 1.54) is 11.1 Å². The summed E-state index contributed by atoms with van der Waals surface area (Å²) >= 11 is 0. The molecule has 1 aliphatic rings. The van der Waals surface area contributed by atoms with Gasteiger partial charge in [0.2, 0.25) is 0 Å². The Kier molecular flexibility index (Phi) is 8.07. The van der Waals surface area contributed by atoms with Crippen LogP contribution in [0.5, 0.6) is 5.75 Å². The molecule has 3 aromatic rings. The molecule has 0 aliphatic carbocycles. The van der Waals surface area contributed by atoms with E-state index in [9.17, 15) is 5.11 Å². The van der Waals surface area contributed by atoms with Crippen molar-refractivity contribution in [2.24, 2.45) is 11.8 Å². The van der Waals surface area contributed by atoms with Crippen LogP contribution in [-0.4, -0.2) is 36.8 Å². The number of ether oxygens (including phenoxy) is 1. The molecule has 1 unspecified atom stereocenters. The molecule has 3 heteroatoms. The number of methoxy groups -OCH3 is 1. The number of benzene rings is 3. The van der Waals surface area contributed by atoms with E-state index in [4.69, 9.17) is 4.74 Å². The SMILES string of the molecule is COc1ccc(CCN2CCC(C(O)(c3ccccc3)c3cccc(CC(C)C)c3)CC2)cc1. The van der Waals surface area contributed by atoms with E-state index in [0.717, 1.165) is 62.2 Å². The molecule has 1 fully saturated rings. The van der Waals surface area contributed by atoms with Crippen molar-refractivity contribution in [3.63, 3.8) is 0 Å². The smallest absolute Gasteiger partial charge is 0.118 e. The summed E-state index contributed by atoms with van der Waals surface area (Å²) in [7, 11) is 1.70. The zero-order valence-corrected chi connectivity index (χ0v) is 20.9. The Hall–Kier alpha value is -2.62. The molecule has 0 saturated carbocycles. The van der Waals surface area contributed by atoms with Crippen LogP contribution >= 0.6 is 0 Å². The zero-order valence-electron chi connectivity index (χ0n) is 20.9. The van der Waals surface area contributed by atoms with Crippen molar-refractivity contribution in [3.8, 4) is 5.75 Å². The first kappa shape index (κ1) is 24.5. The van der Waals surface area contributed by atoms with E-state index in [1.807, 2.05) is 30.3 Å². The molecule has 0 bridgehead atoms. The highest BCUT2D eigenvalue weighted by atomic mass is 16.5. The van der Waals surface area contributed by atoms with Crippen LogP contribution < -0.4 is 4.74 Å². The van der Waals surface area contributed by atoms with Gasteiger partial charge in [-0.3, -0.25) is 0 Å². The Balaban J connectivity index is 1.48. The van der Waals surface area contributed by atoms with Gasteiger partial charge in [-0.25, -0.2) is 0 Å². The van der Waals surface area contributed by atoms with Crippen LogP contribution in [0.2, 0.25) is 0 Å². The van der Waals surface area contributed by atoms with Gasteiger partial charge in [0.15, 0.2) is 0 Å². The third kappa shape index (κ3) is 5.71. The maximum absolute atomic E-state index is 12.4. The van der Waals surface area contributed by atoms with Gasteiger partial charge in [0.05, 0.1) is 7.11 Å². The van der Waals surface area contributed by atoms with Crippen LogP contribution in [0.15, 0.2) is 78.9 Å². The number of aliphatic hydroxyl groups is 1. The third-order valence-electron chi connectivity index (χ3n) is 7.28. The molecule has 1 heterocycles. The monoisotopic (exact) mass is 457 g/mol. The van der Waals surface area contributed by atoms with Crippen molar-refractivity contribution >= 4 is 0 Å². The van der Waals surface area contributed by atoms with Crippen molar-refractivity contribution in [2.45, 2.75) is 45.1 Å². The normalized spacial score (nSPS) is 17.0. The van der Waals surface area contributed by atoms with Gasteiger partial charge in [-0.15, -0.1) is 0 Å². The lowest BCUT2D eigenvalue weighted by atomic mass is 9.71. The predicted octanol–water partition coefficient (Wildman–Crippen LogP) is 6.08. The number of nitrogens with zero attached hydrogens (tertiary/aromatic N) is 1. The van der Waals surface area contributed by atoms with Crippen LogP contribution in [0.1, 0.15) is 48.9 Å². The minimum absolute atomic E-state index is 0.196. The van der Waals surface area contributed by atoms with Crippen LogP contribution in [0.3, 0.4) is 0 Å². The van der Waals surface area contributed by atoms with Crippen LogP contribution in [-0.2, 0) is 18.4 Å². The van der Waals surface area contributed by atoms with Crippen molar-refractivity contribution < 1.29 is 9.84 Å². The highest BCUT2D eigenvalue weighted by Gasteiger charge is 2.41. The summed E-state index contributed by atoms with van der Waals surface area (Å²) in [5.41, 5.74) is 3.72.